The first-order valence-electron chi connectivity index (χ1n) is 5.83. The van der Waals surface area contributed by atoms with Gasteiger partial charge in [-0.2, -0.15) is 0 Å². The Hall–Kier alpha value is -1.89. The zero-order valence-electron chi connectivity index (χ0n) is 10.8. The number of rotatable bonds is 3. The molecule has 0 unspecified atom stereocenters. The van der Waals surface area contributed by atoms with E-state index < -0.39 is 17.2 Å². The van der Waals surface area contributed by atoms with Gasteiger partial charge in [-0.05, 0) is 18.4 Å². The van der Waals surface area contributed by atoms with E-state index >= 15 is 0 Å². The van der Waals surface area contributed by atoms with Gasteiger partial charge < -0.3 is 4.74 Å². The number of hydrogen-bond acceptors (Lipinski definition) is 5. The molecule has 0 atom stereocenters. The third-order valence-electron chi connectivity index (χ3n) is 2.56. The van der Waals surface area contributed by atoms with Crippen molar-refractivity contribution in [1.82, 2.24) is 9.97 Å². The molecular weight excluding hydrogens is 268 g/mol. The standard InChI is InChI=1S/C12H14N2O4S/c1-5(2)4-18-11(16)8-6(3)7-9(15)13-12(17)14-10(7)19-8/h5H,4H2,1-3H3,(H2,13,14,15,17). The van der Waals surface area contributed by atoms with Crippen LogP contribution >= 0.6 is 11.3 Å². The maximum absolute atomic E-state index is 11.9. The summed E-state index contributed by atoms with van der Waals surface area (Å²) >= 11 is 1.06. The minimum Gasteiger partial charge on any atom is -0.461 e. The van der Waals surface area contributed by atoms with Gasteiger partial charge in [-0.15, -0.1) is 11.3 Å². The first kappa shape index (κ1) is 13.5. The topological polar surface area (TPSA) is 92.0 Å². The number of aromatic nitrogens is 2. The molecule has 2 N–H and O–H groups in total. The van der Waals surface area contributed by atoms with Gasteiger partial charge in [0.05, 0.1) is 12.0 Å². The summed E-state index contributed by atoms with van der Waals surface area (Å²) in [5, 5.41) is 0.334. The van der Waals surface area contributed by atoms with Crippen molar-refractivity contribution in [1.29, 1.82) is 0 Å². The van der Waals surface area contributed by atoms with Gasteiger partial charge >= 0.3 is 11.7 Å². The maximum atomic E-state index is 11.9. The molecular formula is C12H14N2O4S. The number of carbonyl (C=O) groups excluding carboxylic acids is 1. The van der Waals surface area contributed by atoms with Crippen LogP contribution in [0.5, 0.6) is 0 Å². The normalized spacial score (nSPS) is 11.2. The van der Waals surface area contributed by atoms with Crippen LogP contribution in [-0.2, 0) is 4.74 Å². The number of H-pyrrole nitrogens is 2. The monoisotopic (exact) mass is 282 g/mol. The average Bonchev–Trinajstić information content (AvgIpc) is 2.63. The number of hydrogen-bond donors (Lipinski definition) is 2. The van der Waals surface area contributed by atoms with Crippen LogP contribution in [-0.4, -0.2) is 22.5 Å². The molecule has 0 saturated heterocycles. The Bertz CT molecular complexity index is 738. The second-order valence-electron chi connectivity index (χ2n) is 4.66. The molecule has 0 aliphatic carbocycles. The zero-order valence-corrected chi connectivity index (χ0v) is 11.6. The van der Waals surface area contributed by atoms with Crippen molar-refractivity contribution in [3.8, 4) is 0 Å². The smallest absolute Gasteiger partial charge is 0.348 e. The minimum absolute atomic E-state index is 0.238. The molecule has 0 radical (unpaired) electrons. The van der Waals surface area contributed by atoms with E-state index in [0.29, 0.717) is 27.3 Å². The van der Waals surface area contributed by atoms with Crippen molar-refractivity contribution in [3.05, 3.63) is 31.3 Å². The van der Waals surface area contributed by atoms with Crippen LogP contribution in [0.1, 0.15) is 29.1 Å². The number of carbonyl (C=O) groups is 1. The predicted octanol–water partition coefficient (Wildman–Crippen LogP) is 1.40. The fourth-order valence-electron chi connectivity index (χ4n) is 1.68. The van der Waals surface area contributed by atoms with Crippen molar-refractivity contribution in [2.24, 2.45) is 5.92 Å². The second kappa shape index (κ2) is 5.00. The van der Waals surface area contributed by atoms with Crippen molar-refractivity contribution in [2.45, 2.75) is 20.8 Å². The van der Waals surface area contributed by atoms with Gasteiger partial charge in [0.25, 0.3) is 5.56 Å². The fraction of sp³-hybridized carbons (Fsp3) is 0.417. The average molecular weight is 282 g/mol. The molecule has 0 amide bonds. The van der Waals surface area contributed by atoms with Crippen molar-refractivity contribution in [3.63, 3.8) is 0 Å². The first-order valence-corrected chi connectivity index (χ1v) is 6.64. The quantitative estimate of drug-likeness (QED) is 0.832. The summed E-state index contributed by atoms with van der Waals surface area (Å²) in [4.78, 5) is 40.2. The number of nitrogens with one attached hydrogen (secondary N) is 2. The highest BCUT2D eigenvalue weighted by Gasteiger charge is 2.19. The molecule has 0 aliphatic rings. The van der Waals surface area contributed by atoms with E-state index in [0.717, 1.165) is 11.3 Å². The van der Waals surface area contributed by atoms with Crippen molar-refractivity contribution in [2.75, 3.05) is 6.61 Å². The van der Waals surface area contributed by atoms with E-state index in [4.69, 9.17) is 4.74 Å². The number of thiophene rings is 1. The van der Waals surface area contributed by atoms with Gasteiger partial charge in [0.1, 0.15) is 9.71 Å². The van der Waals surface area contributed by atoms with Gasteiger partial charge in [-0.25, -0.2) is 9.59 Å². The van der Waals surface area contributed by atoms with Crippen molar-refractivity contribution < 1.29 is 9.53 Å². The molecule has 0 aromatic carbocycles. The highest BCUT2D eigenvalue weighted by atomic mass is 32.1. The molecule has 6 nitrogen and oxygen atoms in total. The van der Waals surface area contributed by atoms with E-state index in [1.807, 2.05) is 13.8 Å². The molecule has 0 bridgehead atoms. The van der Waals surface area contributed by atoms with Crippen LogP contribution in [0.15, 0.2) is 9.59 Å². The number of aromatic amines is 2. The van der Waals surface area contributed by atoms with E-state index in [1.54, 1.807) is 6.92 Å². The van der Waals surface area contributed by atoms with E-state index in [2.05, 4.69) is 9.97 Å². The number of esters is 1. The van der Waals surface area contributed by atoms with Gasteiger partial charge in [-0.3, -0.25) is 14.8 Å². The lowest BCUT2D eigenvalue weighted by Gasteiger charge is -2.05. The Morgan fingerprint density at radius 3 is 2.63 bits per heavy atom. The predicted molar refractivity (Wildman–Crippen MR) is 72.9 cm³/mol. The molecule has 2 aromatic rings. The molecule has 2 rings (SSSR count). The molecule has 102 valence electrons. The number of aryl methyl sites for hydroxylation is 1. The first-order chi connectivity index (χ1) is 8.90. The van der Waals surface area contributed by atoms with Gasteiger partial charge in [-0.1, -0.05) is 13.8 Å². The Balaban J connectivity index is 2.48. The Kier molecular flexibility index (Phi) is 3.57. The van der Waals surface area contributed by atoms with Gasteiger partial charge in [0.2, 0.25) is 0 Å². The Morgan fingerprint density at radius 2 is 2.00 bits per heavy atom. The third-order valence-corrected chi connectivity index (χ3v) is 3.75. The molecule has 7 heteroatoms. The van der Waals surface area contributed by atoms with E-state index in [9.17, 15) is 14.4 Å². The van der Waals surface area contributed by atoms with E-state index in [1.165, 1.54) is 0 Å². The summed E-state index contributed by atoms with van der Waals surface area (Å²) in [6.07, 6.45) is 0. The lowest BCUT2D eigenvalue weighted by molar-refractivity contribution is 0.0464. The van der Waals surface area contributed by atoms with Gasteiger partial charge in [0, 0.05) is 0 Å². The summed E-state index contributed by atoms with van der Waals surface area (Å²) in [5.74, 6) is -0.227. The highest BCUT2D eigenvalue weighted by molar-refractivity contribution is 7.20. The highest BCUT2D eigenvalue weighted by Crippen LogP contribution is 2.26. The van der Waals surface area contributed by atoms with Crippen LogP contribution in [0, 0.1) is 12.8 Å². The maximum Gasteiger partial charge on any atom is 0.348 e. The molecule has 2 aromatic heterocycles. The lowest BCUT2D eigenvalue weighted by Crippen LogP contribution is -2.21. The minimum atomic E-state index is -0.583. The zero-order chi connectivity index (χ0) is 14.2. The van der Waals surface area contributed by atoms with E-state index in [-0.39, 0.29) is 5.92 Å². The van der Waals surface area contributed by atoms with Crippen LogP contribution in [0.25, 0.3) is 10.2 Å². The van der Waals surface area contributed by atoms with Crippen LogP contribution < -0.4 is 11.2 Å². The number of ether oxygens (including phenoxy) is 1. The SMILES string of the molecule is Cc1c(C(=O)OCC(C)C)sc2[nH]c(=O)[nH]c(=O)c12. The van der Waals surface area contributed by atoms with Crippen LogP contribution in [0.3, 0.4) is 0 Å². The summed E-state index contributed by atoms with van der Waals surface area (Å²) in [5.41, 5.74) is -0.539. The number of fused-ring (bicyclic) bond motifs is 1. The fourth-order valence-corrected chi connectivity index (χ4v) is 2.77. The van der Waals surface area contributed by atoms with Crippen LogP contribution in [0.4, 0.5) is 0 Å². The van der Waals surface area contributed by atoms with Crippen molar-refractivity contribution >= 4 is 27.5 Å². The summed E-state index contributed by atoms with van der Waals surface area (Å²) < 4.78 is 5.14. The van der Waals surface area contributed by atoms with Crippen LogP contribution in [0.2, 0.25) is 0 Å². The molecule has 0 aliphatic heterocycles. The molecule has 0 saturated carbocycles. The summed E-state index contributed by atoms with van der Waals surface area (Å²) in [6.45, 7) is 5.86. The molecule has 2 heterocycles. The second-order valence-corrected chi connectivity index (χ2v) is 5.68. The Morgan fingerprint density at radius 1 is 1.32 bits per heavy atom. The molecule has 0 fully saturated rings. The Labute approximate surface area is 112 Å². The molecule has 19 heavy (non-hydrogen) atoms. The third kappa shape index (κ3) is 2.60. The molecule has 0 spiro atoms. The summed E-state index contributed by atoms with van der Waals surface area (Å²) in [7, 11) is 0. The largest absolute Gasteiger partial charge is 0.461 e. The lowest BCUT2D eigenvalue weighted by atomic mass is 10.2. The van der Waals surface area contributed by atoms with Gasteiger partial charge in [0.15, 0.2) is 0 Å². The summed E-state index contributed by atoms with van der Waals surface area (Å²) in [6, 6.07) is 0.